The molecule has 2 aromatic carbocycles. The molecule has 4 aromatic rings. The highest BCUT2D eigenvalue weighted by molar-refractivity contribution is 6.04. The summed E-state index contributed by atoms with van der Waals surface area (Å²) in [5.74, 6) is 0.342. The van der Waals surface area contributed by atoms with Gasteiger partial charge >= 0.3 is 0 Å². The van der Waals surface area contributed by atoms with E-state index in [1.54, 1.807) is 18.6 Å². The zero-order chi connectivity index (χ0) is 25.6. The average Bonchev–Trinajstić information content (AvgIpc) is 2.93. The molecule has 0 atom stereocenters. The number of amides is 1. The van der Waals surface area contributed by atoms with Crippen LogP contribution in [-0.2, 0) is 6.54 Å². The van der Waals surface area contributed by atoms with Crippen molar-refractivity contribution in [3.05, 3.63) is 95.9 Å². The maximum atomic E-state index is 13.1. The van der Waals surface area contributed by atoms with Gasteiger partial charge in [0, 0.05) is 73.8 Å². The Morgan fingerprint density at radius 2 is 1.84 bits per heavy atom. The molecule has 1 amide bonds. The van der Waals surface area contributed by atoms with Crippen LogP contribution in [-0.4, -0.2) is 63.9 Å². The first-order valence-electron chi connectivity index (χ1n) is 12.5. The van der Waals surface area contributed by atoms with Crippen LogP contribution in [0, 0.1) is 6.92 Å². The Morgan fingerprint density at radius 1 is 0.973 bits per heavy atom. The summed E-state index contributed by atoms with van der Waals surface area (Å²) in [6.45, 7) is 7.08. The van der Waals surface area contributed by atoms with Crippen LogP contribution in [0.1, 0.15) is 21.5 Å². The van der Waals surface area contributed by atoms with E-state index in [1.807, 2.05) is 61.5 Å². The van der Waals surface area contributed by atoms with E-state index in [0.717, 1.165) is 60.8 Å². The summed E-state index contributed by atoms with van der Waals surface area (Å²) in [6, 6.07) is 19.3. The smallest absolute Gasteiger partial charge is 0.255 e. The standard InChI is InChI=1S/C29H31N7O/c1-21-8-9-25(18-27(21)34-29-31-12-10-26(33-29)24-7-4-11-30-19-24)32-28(37)23-6-3-5-22(17-23)20-36-15-13-35(2)14-16-36/h3-12,17-19H,13-16,20H2,1-2H3,(H,32,37)(H,31,33,34). The zero-order valence-electron chi connectivity index (χ0n) is 21.2. The molecule has 2 aromatic heterocycles. The van der Waals surface area contributed by atoms with Gasteiger partial charge in [0.25, 0.3) is 5.91 Å². The Bertz CT molecular complexity index is 1370. The lowest BCUT2D eigenvalue weighted by Crippen LogP contribution is -2.43. The summed E-state index contributed by atoms with van der Waals surface area (Å²) in [5, 5.41) is 6.33. The van der Waals surface area contributed by atoms with Gasteiger partial charge in [-0.05, 0) is 67.6 Å². The number of nitrogens with zero attached hydrogens (tertiary/aromatic N) is 5. The van der Waals surface area contributed by atoms with Crippen molar-refractivity contribution < 1.29 is 4.79 Å². The quantitative estimate of drug-likeness (QED) is 0.389. The van der Waals surface area contributed by atoms with Crippen LogP contribution in [0.5, 0.6) is 0 Å². The van der Waals surface area contributed by atoms with Crippen molar-refractivity contribution in [3.8, 4) is 11.3 Å². The molecular weight excluding hydrogens is 462 g/mol. The Hall–Kier alpha value is -4.14. The van der Waals surface area contributed by atoms with Gasteiger partial charge in [0.2, 0.25) is 5.95 Å². The van der Waals surface area contributed by atoms with E-state index in [9.17, 15) is 4.79 Å². The number of pyridine rings is 1. The number of piperazine rings is 1. The SMILES string of the molecule is Cc1ccc(NC(=O)c2cccc(CN3CCN(C)CC3)c2)cc1Nc1nccc(-c2cccnc2)n1. The van der Waals surface area contributed by atoms with Gasteiger partial charge in [0.1, 0.15) is 0 Å². The normalized spacial score (nSPS) is 14.3. The van der Waals surface area contributed by atoms with Crippen LogP contribution in [0.15, 0.2) is 79.3 Å². The maximum Gasteiger partial charge on any atom is 0.255 e. The second kappa shape index (κ2) is 11.3. The molecule has 0 radical (unpaired) electrons. The van der Waals surface area contributed by atoms with Crippen LogP contribution < -0.4 is 10.6 Å². The third kappa shape index (κ3) is 6.35. The van der Waals surface area contributed by atoms with Crippen molar-refractivity contribution in [1.29, 1.82) is 0 Å². The lowest BCUT2D eigenvalue weighted by Gasteiger charge is -2.32. The molecule has 1 fully saturated rings. The predicted octanol–water partition coefficient (Wildman–Crippen LogP) is 4.59. The van der Waals surface area contributed by atoms with Crippen molar-refractivity contribution in [2.24, 2.45) is 0 Å². The highest BCUT2D eigenvalue weighted by atomic mass is 16.1. The number of likely N-dealkylation sites (N-methyl/N-ethyl adjacent to an activating group) is 1. The molecule has 5 rings (SSSR count). The van der Waals surface area contributed by atoms with Crippen molar-refractivity contribution in [1.82, 2.24) is 24.8 Å². The molecular formula is C29H31N7O. The third-order valence-corrected chi connectivity index (χ3v) is 6.55. The van der Waals surface area contributed by atoms with Crippen LogP contribution in [0.25, 0.3) is 11.3 Å². The molecule has 8 heteroatoms. The van der Waals surface area contributed by atoms with E-state index < -0.39 is 0 Å². The molecule has 1 aliphatic rings. The molecule has 0 unspecified atom stereocenters. The fraction of sp³-hybridized carbons (Fsp3) is 0.241. The third-order valence-electron chi connectivity index (χ3n) is 6.55. The lowest BCUT2D eigenvalue weighted by molar-refractivity contribution is 0.102. The van der Waals surface area contributed by atoms with E-state index in [0.29, 0.717) is 17.2 Å². The number of anilines is 3. The van der Waals surface area contributed by atoms with E-state index in [-0.39, 0.29) is 5.91 Å². The Morgan fingerprint density at radius 3 is 2.65 bits per heavy atom. The van der Waals surface area contributed by atoms with Gasteiger partial charge in [-0.15, -0.1) is 0 Å². The first-order valence-corrected chi connectivity index (χ1v) is 12.5. The zero-order valence-corrected chi connectivity index (χ0v) is 21.2. The van der Waals surface area contributed by atoms with E-state index in [1.165, 1.54) is 0 Å². The molecule has 37 heavy (non-hydrogen) atoms. The predicted molar refractivity (Wildman–Crippen MR) is 147 cm³/mol. The average molecular weight is 494 g/mol. The highest BCUT2D eigenvalue weighted by Crippen LogP contribution is 2.25. The molecule has 2 N–H and O–H groups in total. The minimum Gasteiger partial charge on any atom is -0.324 e. The maximum absolute atomic E-state index is 13.1. The summed E-state index contributed by atoms with van der Waals surface area (Å²) >= 11 is 0. The Balaban J connectivity index is 1.27. The molecule has 1 saturated heterocycles. The summed E-state index contributed by atoms with van der Waals surface area (Å²) in [5.41, 5.74) is 6.03. The van der Waals surface area contributed by atoms with Gasteiger partial charge in [-0.1, -0.05) is 18.2 Å². The fourth-order valence-corrected chi connectivity index (χ4v) is 4.33. The van der Waals surface area contributed by atoms with Gasteiger partial charge in [0.15, 0.2) is 0 Å². The van der Waals surface area contributed by atoms with Crippen molar-refractivity contribution >= 4 is 23.2 Å². The molecule has 0 saturated carbocycles. The summed E-state index contributed by atoms with van der Waals surface area (Å²) in [6.07, 6.45) is 5.22. The highest BCUT2D eigenvalue weighted by Gasteiger charge is 2.15. The van der Waals surface area contributed by atoms with Crippen LogP contribution in [0.4, 0.5) is 17.3 Å². The summed E-state index contributed by atoms with van der Waals surface area (Å²) in [7, 11) is 2.15. The molecule has 1 aliphatic heterocycles. The number of benzene rings is 2. The number of aromatic nitrogens is 3. The molecule has 8 nitrogen and oxygen atoms in total. The molecule has 188 valence electrons. The number of carbonyl (C=O) groups excluding carboxylic acids is 1. The molecule has 0 bridgehead atoms. The van der Waals surface area contributed by atoms with E-state index in [2.05, 4.69) is 48.5 Å². The number of rotatable bonds is 7. The van der Waals surface area contributed by atoms with Crippen molar-refractivity contribution in [2.75, 3.05) is 43.9 Å². The second-order valence-electron chi connectivity index (χ2n) is 9.40. The largest absolute Gasteiger partial charge is 0.324 e. The summed E-state index contributed by atoms with van der Waals surface area (Å²) < 4.78 is 0. The van der Waals surface area contributed by atoms with Crippen LogP contribution >= 0.6 is 0 Å². The minimum absolute atomic E-state index is 0.134. The number of hydrogen-bond acceptors (Lipinski definition) is 7. The van der Waals surface area contributed by atoms with Gasteiger partial charge in [-0.3, -0.25) is 14.7 Å². The van der Waals surface area contributed by atoms with Gasteiger partial charge in [-0.25, -0.2) is 9.97 Å². The number of carbonyl (C=O) groups is 1. The monoisotopic (exact) mass is 493 g/mol. The van der Waals surface area contributed by atoms with E-state index in [4.69, 9.17) is 0 Å². The fourth-order valence-electron chi connectivity index (χ4n) is 4.33. The minimum atomic E-state index is -0.134. The van der Waals surface area contributed by atoms with Gasteiger partial charge in [-0.2, -0.15) is 0 Å². The van der Waals surface area contributed by atoms with E-state index >= 15 is 0 Å². The Kier molecular flexibility index (Phi) is 7.49. The van der Waals surface area contributed by atoms with Crippen LogP contribution in [0.3, 0.4) is 0 Å². The first-order chi connectivity index (χ1) is 18.0. The number of hydrogen-bond donors (Lipinski definition) is 2. The van der Waals surface area contributed by atoms with Gasteiger partial charge in [0.05, 0.1) is 5.69 Å². The molecule has 3 heterocycles. The number of aryl methyl sites for hydroxylation is 1. The number of nitrogens with one attached hydrogen (secondary N) is 2. The first kappa shape index (κ1) is 24.5. The van der Waals surface area contributed by atoms with Crippen molar-refractivity contribution in [3.63, 3.8) is 0 Å². The molecule has 0 spiro atoms. The van der Waals surface area contributed by atoms with Crippen molar-refractivity contribution in [2.45, 2.75) is 13.5 Å². The molecule has 0 aliphatic carbocycles. The second-order valence-corrected chi connectivity index (χ2v) is 9.40. The Labute approximate surface area is 217 Å². The summed E-state index contributed by atoms with van der Waals surface area (Å²) in [4.78, 5) is 31.0. The lowest BCUT2D eigenvalue weighted by atomic mass is 10.1. The van der Waals surface area contributed by atoms with Crippen LogP contribution in [0.2, 0.25) is 0 Å². The van der Waals surface area contributed by atoms with Gasteiger partial charge < -0.3 is 15.5 Å². The topological polar surface area (TPSA) is 86.3 Å².